The molecule has 5 atom stereocenters. The van der Waals surface area contributed by atoms with Gasteiger partial charge in [0.2, 0.25) is 34.7 Å². The van der Waals surface area contributed by atoms with Gasteiger partial charge in [-0.25, -0.2) is 0 Å². The zero-order chi connectivity index (χ0) is 24.2. The molecule has 2 aromatic carbocycles. The maximum Gasteiger partial charge on any atom is 0.239 e. The molecule has 3 aromatic rings. The molecule has 1 saturated heterocycles. The van der Waals surface area contributed by atoms with Crippen LogP contribution in [0.15, 0.2) is 33.5 Å². The zero-order valence-electron chi connectivity index (χ0n) is 16.9. The van der Waals surface area contributed by atoms with Gasteiger partial charge in [0.1, 0.15) is 29.4 Å². The minimum atomic E-state index is -1.80. The van der Waals surface area contributed by atoms with E-state index in [1.165, 1.54) is 31.2 Å². The van der Waals surface area contributed by atoms with Crippen LogP contribution >= 0.6 is 0 Å². The topological polar surface area (TPSA) is 211 Å². The highest BCUT2D eigenvalue weighted by Crippen LogP contribution is 2.49. The first kappa shape index (κ1) is 22.5. The number of hydrogen-bond acceptors (Lipinski definition) is 12. The quantitative estimate of drug-likeness (QED) is 0.193. The van der Waals surface area contributed by atoms with Crippen LogP contribution in [-0.2, 0) is 4.74 Å². The molecule has 5 unspecified atom stereocenters. The fourth-order valence-corrected chi connectivity index (χ4v) is 3.49. The number of fused-ring (bicyclic) bond motifs is 1. The lowest BCUT2D eigenvalue weighted by Gasteiger charge is -2.38. The van der Waals surface area contributed by atoms with Gasteiger partial charge in [-0.2, -0.15) is 0 Å². The van der Waals surface area contributed by atoms with E-state index in [2.05, 4.69) is 0 Å². The van der Waals surface area contributed by atoms with Gasteiger partial charge in [0, 0.05) is 5.56 Å². The fraction of sp³-hybridized carbons (Fsp3) is 0.286. The van der Waals surface area contributed by atoms with Gasteiger partial charge in [-0.15, -0.1) is 0 Å². The van der Waals surface area contributed by atoms with Crippen molar-refractivity contribution in [2.75, 3.05) is 0 Å². The molecule has 33 heavy (non-hydrogen) atoms. The van der Waals surface area contributed by atoms with E-state index in [-0.39, 0.29) is 17.1 Å². The number of aliphatic hydroxyl groups is 3. The van der Waals surface area contributed by atoms with E-state index >= 15 is 0 Å². The lowest BCUT2D eigenvalue weighted by molar-refractivity contribution is -0.268. The number of hydrogen-bond donors (Lipinski definition) is 8. The van der Waals surface area contributed by atoms with Gasteiger partial charge in [0.15, 0.2) is 17.1 Å². The maximum absolute atomic E-state index is 13.3. The van der Waals surface area contributed by atoms with Crippen molar-refractivity contribution < 1.29 is 54.7 Å². The Balaban J connectivity index is 1.97. The molecule has 1 fully saturated rings. The third-order valence-corrected chi connectivity index (χ3v) is 5.37. The first-order valence-corrected chi connectivity index (χ1v) is 9.65. The van der Waals surface area contributed by atoms with Crippen LogP contribution in [0.25, 0.3) is 22.3 Å². The molecule has 1 aromatic heterocycles. The second-order valence-electron chi connectivity index (χ2n) is 7.53. The standard InChI is InChI=1S/C21H20O12/c1-6-10(23)13(26)17(30)21(31-6)33-20-12(25)9-11(24)14(27)15(28)16(29)19(9)32-18(20)7-2-4-8(22)5-3-7/h2-6,10,13,17,21-24,26-30H,1H3. The number of rotatable bonds is 3. The van der Waals surface area contributed by atoms with Crippen molar-refractivity contribution in [3.05, 3.63) is 34.5 Å². The summed E-state index contributed by atoms with van der Waals surface area (Å²) in [6.45, 7) is 1.39. The van der Waals surface area contributed by atoms with Crippen LogP contribution < -0.4 is 10.2 Å². The van der Waals surface area contributed by atoms with Crippen LogP contribution in [0.1, 0.15) is 6.92 Å². The number of ether oxygens (including phenoxy) is 2. The number of phenolic OH excluding ortho intramolecular Hbond substituents is 5. The Kier molecular flexibility index (Phi) is 5.46. The normalized spacial score (nSPS) is 25.3. The van der Waals surface area contributed by atoms with Crippen LogP contribution in [0.3, 0.4) is 0 Å². The smallest absolute Gasteiger partial charge is 0.239 e. The molecule has 0 aliphatic carbocycles. The molecule has 4 rings (SSSR count). The molecule has 2 heterocycles. The van der Waals surface area contributed by atoms with Crippen LogP contribution in [0.2, 0.25) is 0 Å². The van der Waals surface area contributed by atoms with Crippen LogP contribution in [0.4, 0.5) is 0 Å². The Morgan fingerprint density at radius 1 is 0.818 bits per heavy atom. The van der Waals surface area contributed by atoms with Crippen molar-refractivity contribution in [2.45, 2.75) is 37.6 Å². The zero-order valence-corrected chi connectivity index (χ0v) is 16.9. The van der Waals surface area contributed by atoms with Crippen molar-refractivity contribution in [3.8, 4) is 45.8 Å². The first-order valence-electron chi connectivity index (χ1n) is 9.65. The Labute approximate surface area is 184 Å². The van der Waals surface area contributed by atoms with Gasteiger partial charge in [0.05, 0.1) is 6.10 Å². The lowest BCUT2D eigenvalue weighted by atomic mass is 10.00. The molecular formula is C21H20O12. The third kappa shape index (κ3) is 3.54. The molecular weight excluding hydrogens is 444 g/mol. The summed E-state index contributed by atoms with van der Waals surface area (Å²) >= 11 is 0. The molecule has 1 aliphatic rings. The van der Waals surface area contributed by atoms with Crippen molar-refractivity contribution in [3.63, 3.8) is 0 Å². The summed E-state index contributed by atoms with van der Waals surface area (Å²) in [6.07, 6.45) is -7.59. The van der Waals surface area contributed by atoms with E-state index in [0.717, 1.165) is 0 Å². The Morgan fingerprint density at radius 3 is 2.06 bits per heavy atom. The third-order valence-electron chi connectivity index (χ3n) is 5.37. The van der Waals surface area contributed by atoms with Gasteiger partial charge >= 0.3 is 0 Å². The number of phenols is 5. The monoisotopic (exact) mass is 464 g/mol. The molecule has 0 saturated carbocycles. The summed E-state index contributed by atoms with van der Waals surface area (Å²) in [4.78, 5) is 13.3. The summed E-state index contributed by atoms with van der Waals surface area (Å²) in [5.74, 6) is -5.61. The average molecular weight is 464 g/mol. The van der Waals surface area contributed by atoms with E-state index in [1.54, 1.807) is 0 Å². The van der Waals surface area contributed by atoms with Crippen molar-refractivity contribution in [2.24, 2.45) is 0 Å². The molecule has 176 valence electrons. The summed E-state index contributed by atoms with van der Waals surface area (Å²) in [7, 11) is 0. The molecule has 0 radical (unpaired) electrons. The van der Waals surface area contributed by atoms with Gasteiger partial charge in [-0.1, -0.05) is 0 Å². The summed E-state index contributed by atoms with van der Waals surface area (Å²) < 4.78 is 16.4. The fourth-order valence-electron chi connectivity index (χ4n) is 3.49. The Bertz CT molecular complexity index is 1270. The number of aromatic hydroxyl groups is 5. The van der Waals surface area contributed by atoms with E-state index in [4.69, 9.17) is 13.9 Å². The number of benzene rings is 2. The maximum atomic E-state index is 13.3. The Hall–Kier alpha value is -3.71. The lowest BCUT2D eigenvalue weighted by Crippen LogP contribution is -2.58. The van der Waals surface area contributed by atoms with Crippen molar-refractivity contribution in [1.29, 1.82) is 0 Å². The molecule has 0 spiro atoms. The van der Waals surface area contributed by atoms with Gasteiger partial charge < -0.3 is 54.7 Å². The van der Waals surface area contributed by atoms with Crippen LogP contribution in [-0.4, -0.2) is 71.6 Å². The van der Waals surface area contributed by atoms with Crippen LogP contribution in [0.5, 0.6) is 34.5 Å². The SMILES string of the molecule is CC1OC(Oc2c(-c3ccc(O)cc3)oc3c(O)c(O)c(O)c(O)c3c2=O)C(O)C(O)C1O. The molecule has 12 nitrogen and oxygen atoms in total. The van der Waals surface area contributed by atoms with Gasteiger partial charge in [-0.05, 0) is 31.2 Å². The average Bonchev–Trinajstić information content (AvgIpc) is 2.79. The minimum absolute atomic E-state index is 0.121. The van der Waals surface area contributed by atoms with E-state index in [1.807, 2.05) is 0 Å². The molecule has 1 aliphatic heterocycles. The first-order chi connectivity index (χ1) is 15.5. The summed E-state index contributed by atoms with van der Waals surface area (Å²) in [5, 5.41) is 79.1. The Morgan fingerprint density at radius 2 is 1.42 bits per heavy atom. The largest absolute Gasteiger partial charge is 0.508 e. The minimum Gasteiger partial charge on any atom is -0.508 e. The summed E-state index contributed by atoms with van der Waals surface area (Å²) in [6, 6.07) is 5.15. The number of aliphatic hydroxyl groups excluding tert-OH is 3. The predicted molar refractivity (Wildman–Crippen MR) is 109 cm³/mol. The second-order valence-corrected chi connectivity index (χ2v) is 7.53. The van der Waals surface area contributed by atoms with Crippen molar-refractivity contribution >= 4 is 11.0 Å². The van der Waals surface area contributed by atoms with E-state index in [9.17, 15) is 45.6 Å². The van der Waals surface area contributed by atoms with Gasteiger partial charge in [0.25, 0.3) is 0 Å². The van der Waals surface area contributed by atoms with E-state index in [0.29, 0.717) is 0 Å². The highest BCUT2D eigenvalue weighted by atomic mass is 16.7. The highest BCUT2D eigenvalue weighted by Gasteiger charge is 2.44. The molecule has 0 bridgehead atoms. The molecule has 8 N–H and O–H groups in total. The van der Waals surface area contributed by atoms with E-state index < -0.39 is 75.9 Å². The second kappa shape index (κ2) is 8.01. The van der Waals surface area contributed by atoms with Crippen molar-refractivity contribution in [1.82, 2.24) is 0 Å². The molecule has 0 amide bonds. The van der Waals surface area contributed by atoms with Crippen LogP contribution in [0, 0.1) is 0 Å². The molecule has 12 heteroatoms. The predicted octanol–water partition coefficient (Wildman–Crippen LogP) is 0.194. The summed E-state index contributed by atoms with van der Waals surface area (Å²) in [5.41, 5.74) is -1.68. The van der Waals surface area contributed by atoms with Gasteiger partial charge in [-0.3, -0.25) is 4.79 Å². The highest BCUT2D eigenvalue weighted by molar-refractivity contribution is 5.95.